The van der Waals surface area contributed by atoms with Gasteiger partial charge in [-0.15, -0.1) is 0 Å². The van der Waals surface area contributed by atoms with Crippen molar-refractivity contribution in [3.63, 3.8) is 0 Å². The summed E-state index contributed by atoms with van der Waals surface area (Å²) in [5.74, 6) is 2.41. The number of rotatable bonds is 8. The molecule has 1 aromatic heterocycles. The highest BCUT2D eigenvalue weighted by atomic mass is 15.2. The van der Waals surface area contributed by atoms with Gasteiger partial charge in [0, 0.05) is 25.1 Å². The van der Waals surface area contributed by atoms with Gasteiger partial charge in [0.2, 0.25) is 0 Å². The van der Waals surface area contributed by atoms with Crippen LogP contribution in [0.1, 0.15) is 59.2 Å². The summed E-state index contributed by atoms with van der Waals surface area (Å²) in [6.07, 6.45) is 5.62. The number of nitrogens with two attached hydrogens (primary N) is 1. The normalized spacial score (nSPS) is 11.0. The molecule has 0 aliphatic rings. The minimum atomic E-state index is 0.431. The summed E-state index contributed by atoms with van der Waals surface area (Å²) in [5, 5.41) is 0. The second kappa shape index (κ2) is 7.97. The minimum absolute atomic E-state index is 0.431. The van der Waals surface area contributed by atoms with E-state index in [1.165, 1.54) is 19.3 Å². The second-order valence-electron chi connectivity index (χ2n) is 5.31. The first-order valence-corrected chi connectivity index (χ1v) is 7.48. The lowest BCUT2D eigenvalue weighted by atomic mass is 10.2. The quantitative estimate of drug-likeness (QED) is 0.731. The van der Waals surface area contributed by atoms with Crippen LogP contribution in [0.15, 0.2) is 6.07 Å². The maximum Gasteiger partial charge on any atom is 0.134 e. The van der Waals surface area contributed by atoms with E-state index in [9.17, 15) is 0 Å². The Hall–Kier alpha value is -1.32. The molecule has 0 saturated heterocycles. The first-order chi connectivity index (χ1) is 9.08. The maximum atomic E-state index is 5.90. The molecule has 0 atom stereocenters. The van der Waals surface area contributed by atoms with E-state index < -0.39 is 0 Å². The van der Waals surface area contributed by atoms with Gasteiger partial charge < -0.3 is 10.6 Å². The Morgan fingerprint density at radius 1 is 1.16 bits per heavy atom. The number of nitrogen functional groups attached to an aromatic ring is 1. The molecular weight excluding hydrogens is 236 g/mol. The molecule has 0 amide bonds. The van der Waals surface area contributed by atoms with Crippen molar-refractivity contribution in [1.82, 2.24) is 9.97 Å². The Labute approximate surface area is 117 Å². The number of anilines is 2. The van der Waals surface area contributed by atoms with Gasteiger partial charge in [-0.1, -0.05) is 26.7 Å². The van der Waals surface area contributed by atoms with E-state index >= 15 is 0 Å². The minimum Gasteiger partial charge on any atom is -0.384 e. The zero-order valence-corrected chi connectivity index (χ0v) is 12.8. The van der Waals surface area contributed by atoms with Gasteiger partial charge in [0.1, 0.15) is 17.5 Å². The van der Waals surface area contributed by atoms with E-state index in [0.717, 1.165) is 31.0 Å². The predicted molar refractivity (Wildman–Crippen MR) is 82.4 cm³/mol. The molecule has 0 fully saturated rings. The van der Waals surface area contributed by atoms with Crippen LogP contribution < -0.4 is 10.6 Å². The highest BCUT2D eigenvalue weighted by Gasteiger charge is 2.13. The lowest BCUT2D eigenvalue weighted by molar-refractivity contribution is 0.617. The third kappa shape index (κ3) is 5.05. The van der Waals surface area contributed by atoms with Crippen molar-refractivity contribution in [2.24, 2.45) is 0 Å². The van der Waals surface area contributed by atoms with Gasteiger partial charge >= 0.3 is 0 Å². The molecule has 2 N–H and O–H groups in total. The molecular formula is C15H28N4. The zero-order valence-electron chi connectivity index (χ0n) is 12.8. The van der Waals surface area contributed by atoms with Crippen LogP contribution >= 0.6 is 0 Å². The van der Waals surface area contributed by atoms with Gasteiger partial charge in [0.15, 0.2) is 0 Å². The number of nitrogens with zero attached hydrogens (tertiary/aromatic N) is 3. The van der Waals surface area contributed by atoms with Gasteiger partial charge in [-0.25, -0.2) is 9.97 Å². The molecule has 1 rings (SSSR count). The first kappa shape index (κ1) is 15.7. The van der Waals surface area contributed by atoms with E-state index in [1.54, 1.807) is 0 Å². The molecule has 4 nitrogen and oxygen atoms in total. The lowest BCUT2D eigenvalue weighted by Crippen LogP contribution is -2.33. The summed E-state index contributed by atoms with van der Waals surface area (Å²) in [5.41, 5.74) is 5.90. The molecule has 1 aromatic rings. The van der Waals surface area contributed by atoms with E-state index in [-0.39, 0.29) is 0 Å². The van der Waals surface area contributed by atoms with E-state index in [1.807, 2.05) is 6.07 Å². The van der Waals surface area contributed by atoms with Crippen molar-refractivity contribution in [2.75, 3.05) is 17.2 Å². The van der Waals surface area contributed by atoms with Crippen LogP contribution in [0.4, 0.5) is 11.6 Å². The largest absolute Gasteiger partial charge is 0.384 e. The van der Waals surface area contributed by atoms with Crippen LogP contribution in [0.2, 0.25) is 0 Å². The van der Waals surface area contributed by atoms with E-state index in [2.05, 4.69) is 42.6 Å². The molecule has 0 aliphatic carbocycles. The van der Waals surface area contributed by atoms with Gasteiger partial charge in [0.25, 0.3) is 0 Å². The van der Waals surface area contributed by atoms with Crippen molar-refractivity contribution >= 4 is 11.6 Å². The fourth-order valence-corrected chi connectivity index (χ4v) is 2.16. The van der Waals surface area contributed by atoms with Crippen molar-refractivity contribution in [3.8, 4) is 0 Å². The zero-order chi connectivity index (χ0) is 14.3. The molecule has 0 unspecified atom stereocenters. The number of aromatic nitrogens is 2. The van der Waals surface area contributed by atoms with E-state index in [0.29, 0.717) is 11.9 Å². The second-order valence-corrected chi connectivity index (χ2v) is 5.31. The standard InChI is InChI=1S/C15H28N4/c1-5-7-8-10-19(12(3)4)15-11-13(16)17-14(18-15)9-6-2/h11-12H,5-10H2,1-4H3,(H2,16,17,18). The molecule has 1 heterocycles. The van der Waals surface area contributed by atoms with Gasteiger partial charge in [-0.2, -0.15) is 0 Å². The smallest absolute Gasteiger partial charge is 0.134 e. The summed E-state index contributed by atoms with van der Waals surface area (Å²) in [7, 11) is 0. The van der Waals surface area contributed by atoms with Crippen LogP contribution in [0.25, 0.3) is 0 Å². The average molecular weight is 264 g/mol. The molecule has 4 heteroatoms. The summed E-state index contributed by atoms with van der Waals surface area (Å²) < 4.78 is 0. The predicted octanol–water partition coefficient (Wildman–Crippen LogP) is 3.42. The van der Waals surface area contributed by atoms with Crippen LogP contribution in [0.3, 0.4) is 0 Å². The van der Waals surface area contributed by atoms with Crippen molar-refractivity contribution in [1.29, 1.82) is 0 Å². The van der Waals surface area contributed by atoms with Crippen LogP contribution in [-0.4, -0.2) is 22.6 Å². The van der Waals surface area contributed by atoms with Crippen LogP contribution in [0.5, 0.6) is 0 Å². The van der Waals surface area contributed by atoms with Crippen molar-refractivity contribution in [3.05, 3.63) is 11.9 Å². The molecule has 0 saturated carbocycles. The Morgan fingerprint density at radius 3 is 2.47 bits per heavy atom. The highest BCUT2D eigenvalue weighted by molar-refractivity contribution is 5.47. The first-order valence-electron chi connectivity index (χ1n) is 7.48. The third-order valence-electron chi connectivity index (χ3n) is 3.17. The molecule has 0 aromatic carbocycles. The topological polar surface area (TPSA) is 55.0 Å². The van der Waals surface area contributed by atoms with Gasteiger partial charge in [-0.3, -0.25) is 0 Å². The maximum absolute atomic E-state index is 5.90. The monoisotopic (exact) mass is 264 g/mol. The number of hydrogen-bond acceptors (Lipinski definition) is 4. The summed E-state index contributed by atoms with van der Waals surface area (Å²) >= 11 is 0. The summed E-state index contributed by atoms with van der Waals surface area (Å²) in [6, 6.07) is 2.33. The number of hydrogen-bond donors (Lipinski definition) is 1. The van der Waals surface area contributed by atoms with Crippen molar-refractivity contribution in [2.45, 2.75) is 65.8 Å². The Balaban J connectivity index is 2.88. The Morgan fingerprint density at radius 2 is 1.89 bits per heavy atom. The SMILES string of the molecule is CCCCCN(c1cc(N)nc(CCC)n1)C(C)C. The molecule has 0 spiro atoms. The lowest BCUT2D eigenvalue weighted by Gasteiger charge is -2.28. The number of unbranched alkanes of at least 4 members (excludes halogenated alkanes) is 2. The van der Waals surface area contributed by atoms with E-state index in [4.69, 9.17) is 5.73 Å². The molecule has 108 valence electrons. The average Bonchev–Trinajstić information content (AvgIpc) is 2.33. The van der Waals surface area contributed by atoms with Crippen LogP contribution in [0, 0.1) is 0 Å². The third-order valence-corrected chi connectivity index (χ3v) is 3.17. The summed E-state index contributed by atoms with van der Waals surface area (Å²) in [4.78, 5) is 11.3. The number of aryl methyl sites for hydroxylation is 1. The molecule has 0 radical (unpaired) electrons. The van der Waals surface area contributed by atoms with Gasteiger partial charge in [-0.05, 0) is 26.7 Å². The fraction of sp³-hybridized carbons (Fsp3) is 0.733. The molecule has 0 bridgehead atoms. The molecule has 0 aliphatic heterocycles. The van der Waals surface area contributed by atoms with Crippen LogP contribution in [-0.2, 0) is 6.42 Å². The Bertz CT molecular complexity index is 376. The van der Waals surface area contributed by atoms with Crippen molar-refractivity contribution < 1.29 is 0 Å². The Kier molecular flexibility index (Phi) is 6.60. The fourth-order valence-electron chi connectivity index (χ4n) is 2.16. The highest BCUT2D eigenvalue weighted by Crippen LogP contribution is 2.18. The summed E-state index contributed by atoms with van der Waals surface area (Å²) in [6.45, 7) is 9.79. The molecule has 19 heavy (non-hydrogen) atoms. The van der Waals surface area contributed by atoms with Gasteiger partial charge in [0.05, 0.1) is 0 Å².